The number of pyridine rings is 1. The Kier molecular flexibility index (Phi) is 4.36. The van der Waals surface area contributed by atoms with E-state index in [0.717, 1.165) is 27.9 Å². The summed E-state index contributed by atoms with van der Waals surface area (Å²) in [6.07, 6.45) is 6.22. The van der Waals surface area contributed by atoms with Crippen LogP contribution >= 0.6 is 0 Å². The molecule has 0 saturated carbocycles. The lowest BCUT2D eigenvalue weighted by Crippen LogP contribution is -2.08. The molecule has 0 spiro atoms. The minimum Gasteiger partial charge on any atom is -0.482 e. The maximum Gasteiger partial charge on any atom is 0.166 e. The van der Waals surface area contributed by atoms with Crippen LogP contribution in [-0.2, 0) is 13.5 Å². The molecule has 28 heavy (non-hydrogen) atoms. The van der Waals surface area contributed by atoms with Crippen LogP contribution in [0, 0.1) is 18.3 Å². The van der Waals surface area contributed by atoms with Gasteiger partial charge in [0.2, 0.25) is 0 Å². The molecule has 2 N–H and O–H groups in total. The number of nitriles is 1. The van der Waals surface area contributed by atoms with Crippen LogP contribution in [0.2, 0.25) is 0 Å². The number of anilines is 1. The lowest BCUT2D eigenvalue weighted by Gasteiger charge is -2.20. The Bertz CT molecular complexity index is 1140. The molecule has 3 heterocycles. The highest BCUT2D eigenvalue weighted by molar-refractivity contribution is 5.74. The van der Waals surface area contributed by atoms with Gasteiger partial charge in [0.15, 0.2) is 11.6 Å². The topological polar surface area (TPSA) is 89.8 Å². The first-order valence-corrected chi connectivity index (χ1v) is 9.13. The summed E-state index contributed by atoms with van der Waals surface area (Å²) >= 11 is 0. The van der Waals surface area contributed by atoms with Gasteiger partial charge in [-0.3, -0.25) is 4.68 Å². The zero-order valence-corrected chi connectivity index (χ0v) is 16.1. The number of aryl methyl sites for hydroxylation is 2. The van der Waals surface area contributed by atoms with Crippen LogP contribution in [0.15, 0.2) is 36.5 Å². The zero-order chi connectivity index (χ0) is 19.8. The van der Waals surface area contributed by atoms with Gasteiger partial charge in [0, 0.05) is 30.8 Å². The van der Waals surface area contributed by atoms with Crippen LogP contribution < -0.4 is 10.5 Å². The molecule has 2 aromatic heterocycles. The van der Waals surface area contributed by atoms with E-state index in [1.54, 1.807) is 17.9 Å². The third-order valence-corrected chi connectivity index (χ3v) is 4.99. The van der Waals surface area contributed by atoms with Crippen LogP contribution in [0.5, 0.6) is 5.75 Å². The van der Waals surface area contributed by atoms with Crippen molar-refractivity contribution in [1.82, 2.24) is 14.8 Å². The van der Waals surface area contributed by atoms with Crippen molar-refractivity contribution in [3.63, 3.8) is 0 Å². The molecule has 3 aromatic rings. The molecule has 1 atom stereocenters. The third kappa shape index (κ3) is 3.01. The maximum absolute atomic E-state index is 9.63. The fourth-order valence-corrected chi connectivity index (χ4v) is 3.59. The van der Waals surface area contributed by atoms with Gasteiger partial charge in [0.05, 0.1) is 5.69 Å². The number of benzene rings is 1. The number of hydrogen-bond acceptors (Lipinski definition) is 5. The molecule has 1 aliphatic rings. The van der Waals surface area contributed by atoms with Crippen molar-refractivity contribution in [1.29, 1.82) is 5.26 Å². The molecule has 0 aliphatic carbocycles. The van der Waals surface area contributed by atoms with Crippen molar-refractivity contribution < 1.29 is 4.74 Å². The largest absolute Gasteiger partial charge is 0.482 e. The molecule has 0 fully saturated rings. The second kappa shape index (κ2) is 6.86. The fraction of sp³-hybridized carbons (Fsp3) is 0.227. The average molecular weight is 371 g/mol. The summed E-state index contributed by atoms with van der Waals surface area (Å²) in [4.78, 5) is 4.31. The van der Waals surface area contributed by atoms with E-state index in [2.05, 4.69) is 53.4 Å². The number of fused-ring (bicyclic) bond motifs is 5. The van der Waals surface area contributed by atoms with E-state index in [-0.39, 0.29) is 6.10 Å². The molecule has 2 bridgehead atoms. The van der Waals surface area contributed by atoms with Crippen LogP contribution in [0.25, 0.3) is 17.2 Å². The average Bonchev–Trinajstić information content (AvgIpc) is 2.99. The fourth-order valence-electron chi connectivity index (χ4n) is 3.59. The maximum atomic E-state index is 9.63. The number of allylic oxidation sites excluding steroid dienone is 1. The Morgan fingerprint density at radius 1 is 1.32 bits per heavy atom. The number of nitrogens with two attached hydrogens (primary N) is 1. The normalized spacial score (nSPS) is 15.4. The number of ether oxygens (including phenoxy) is 1. The van der Waals surface area contributed by atoms with Crippen LogP contribution in [0.1, 0.15) is 41.1 Å². The van der Waals surface area contributed by atoms with Crippen molar-refractivity contribution >= 4 is 11.9 Å². The predicted octanol–water partition coefficient (Wildman–Crippen LogP) is 3.95. The second-order valence-corrected chi connectivity index (χ2v) is 7.01. The van der Waals surface area contributed by atoms with Crippen molar-refractivity contribution in [3.05, 3.63) is 64.6 Å². The minimum absolute atomic E-state index is 0.206. The van der Waals surface area contributed by atoms with Gasteiger partial charge in [-0.2, -0.15) is 10.4 Å². The SMILES string of the molecule is Cc1ccc2c(c1)[C@@H](C)Oc1cc(cnc1N)-c1c(nn(C)c1C#N)CC=C2. The standard InChI is InChI=1S/C22H21N5O/c1-13-7-8-15-5-4-6-18-21(19(11-23)27(3)26-18)16-10-20(22(24)25-12-16)28-14(2)17(15)9-13/h4-5,7-10,12,14H,6H2,1-3H3,(H2,24,25)/t14-/m1/s1. The number of aromatic nitrogens is 3. The van der Waals surface area contributed by atoms with Gasteiger partial charge in [-0.15, -0.1) is 0 Å². The summed E-state index contributed by atoms with van der Waals surface area (Å²) in [6.45, 7) is 4.06. The lowest BCUT2D eigenvalue weighted by molar-refractivity contribution is 0.227. The second-order valence-electron chi connectivity index (χ2n) is 7.01. The zero-order valence-electron chi connectivity index (χ0n) is 16.1. The lowest BCUT2D eigenvalue weighted by atomic mass is 9.98. The van der Waals surface area contributed by atoms with Gasteiger partial charge >= 0.3 is 0 Å². The monoisotopic (exact) mass is 371 g/mol. The summed E-state index contributed by atoms with van der Waals surface area (Å²) in [5.41, 5.74) is 12.3. The van der Waals surface area contributed by atoms with Gasteiger partial charge in [-0.1, -0.05) is 35.9 Å². The first kappa shape index (κ1) is 17.8. The van der Waals surface area contributed by atoms with E-state index in [9.17, 15) is 5.26 Å². The molecule has 1 aromatic carbocycles. The first-order chi connectivity index (χ1) is 13.5. The summed E-state index contributed by atoms with van der Waals surface area (Å²) < 4.78 is 7.81. The third-order valence-electron chi connectivity index (χ3n) is 4.99. The summed E-state index contributed by atoms with van der Waals surface area (Å²) in [7, 11) is 1.77. The predicted molar refractivity (Wildman–Crippen MR) is 109 cm³/mol. The molecule has 0 saturated heterocycles. The molecule has 6 heteroatoms. The highest BCUT2D eigenvalue weighted by atomic mass is 16.5. The number of nitrogen functional groups attached to an aromatic ring is 1. The molecular formula is C22H21N5O. The number of rotatable bonds is 0. The Labute approximate surface area is 163 Å². The van der Waals surface area contributed by atoms with Crippen LogP contribution in [0.4, 0.5) is 5.82 Å². The van der Waals surface area contributed by atoms with Crippen molar-refractivity contribution in [3.8, 4) is 22.9 Å². The van der Waals surface area contributed by atoms with E-state index < -0.39 is 0 Å². The molecule has 140 valence electrons. The number of hydrogen-bond donors (Lipinski definition) is 1. The Morgan fingerprint density at radius 3 is 2.93 bits per heavy atom. The molecule has 0 radical (unpaired) electrons. The van der Waals surface area contributed by atoms with Crippen LogP contribution in [0.3, 0.4) is 0 Å². The molecule has 0 amide bonds. The highest BCUT2D eigenvalue weighted by Gasteiger charge is 2.21. The van der Waals surface area contributed by atoms with Crippen LogP contribution in [-0.4, -0.2) is 14.8 Å². The Hall–Kier alpha value is -3.59. The molecule has 1 aliphatic heterocycles. The van der Waals surface area contributed by atoms with Crippen molar-refractivity contribution in [2.75, 3.05) is 5.73 Å². The van der Waals surface area contributed by atoms with Gasteiger partial charge in [0.1, 0.15) is 17.9 Å². The minimum atomic E-state index is -0.206. The van der Waals surface area contributed by atoms with Crippen molar-refractivity contribution in [2.24, 2.45) is 7.05 Å². The summed E-state index contributed by atoms with van der Waals surface area (Å²) in [5.74, 6) is 0.821. The Morgan fingerprint density at radius 2 is 2.14 bits per heavy atom. The van der Waals surface area contributed by atoms with E-state index in [4.69, 9.17) is 10.5 Å². The number of nitrogens with zero attached hydrogens (tertiary/aromatic N) is 4. The van der Waals surface area contributed by atoms with Gasteiger partial charge in [-0.25, -0.2) is 4.98 Å². The Balaban J connectivity index is 1.96. The quantitative estimate of drug-likeness (QED) is 0.646. The molecular weight excluding hydrogens is 350 g/mol. The molecule has 6 nitrogen and oxygen atoms in total. The van der Waals surface area contributed by atoms with E-state index >= 15 is 0 Å². The van der Waals surface area contributed by atoms with E-state index in [1.165, 1.54) is 5.56 Å². The van der Waals surface area contributed by atoms with Gasteiger partial charge < -0.3 is 10.5 Å². The molecule has 4 rings (SSSR count). The summed E-state index contributed by atoms with van der Waals surface area (Å²) in [5, 5.41) is 14.2. The highest BCUT2D eigenvalue weighted by Crippen LogP contribution is 2.35. The smallest absolute Gasteiger partial charge is 0.166 e. The van der Waals surface area contributed by atoms with Crippen molar-refractivity contribution in [2.45, 2.75) is 26.4 Å². The first-order valence-electron chi connectivity index (χ1n) is 9.13. The van der Waals surface area contributed by atoms with Gasteiger partial charge in [0.25, 0.3) is 0 Å². The summed E-state index contributed by atoms with van der Waals surface area (Å²) in [6, 6.07) is 10.4. The molecule has 0 unspecified atom stereocenters. The van der Waals surface area contributed by atoms with Gasteiger partial charge in [-0.05, 0) is 31.0 Å². The van der Waals surface area contributed by atoms with E-state index in [1.807, 2.05) is 13.0 Å². The van der Waals surface area contributed by atoms with E-state index in [0.29, 0.717) is 23.7 Å².